The average Bonchev–Trinajstić information content (AvgIpc) is 3.17. The minimum Gasteiger partial charge on any atom is -0.494 e. The van der Waals surface area contributed by atoms with E-state index in [0.717, 1.165) is 17.5 Å². The lowest BCUT2D eigenvalue weighted by atomic mass is 10.0. The van der Waals surface area contributed by atoms with Gasteiger partial charge in [0.2, 0.25) is 0 Å². The van der Waals surface area contributed by atoms with Crippen LogP contribution in [0.1, 0.15) is 36.9 Å². The maximum atomic E-state index is 11.7. The summed E-state index contributed by atoms with van der Waals surface area (Å²) >= 11 is 12.3. The van der Waals surface area contributed by atoms with Gasteiger partial charge in [-0.15, -0.1) is 0 Å². The van der Waals surface area contributed by atoms with Crippen LogP contribution in [0.25, 0.3) is 0 Å². The van der Waals surface area contributed by atoms with Crippen LogP contribution in [-0.4, -0.2) is 51.0 Å². The van der Waals surface area contributed by atoms with E-state index >= 15 is 0 Å². The van der Waals surface area contributed by atoms with Crippen LogP contribution in [0.2, 0.25) is 10.0 Å². The molecule has 0 saturated carbocycles. The van der Waals surface area contributed by atoms with Gasteiger partial charge in [0.15, 0.2) is 23.3 Å². The first-order chi connectivity index (χ1) is 17.2. The van der Waals surface area contributed by atoms with Gasteiger partial charge in [0, 0.05) is 24.7 Å². The van der Waals surface area contributed by atoms with Gasteiger partial charge in [-0.1, -0.05) is 42.3 Å². The molecule has 3 aromatic rings. The molecule has 2 aromatic carbocycles. The van der Waals surface area contributed by atoms with E-state index in [2.05, 4.69) is 4.90 Å². The van der Waals surface area contributed by atoms with Crippen LogP contribution >= 0.6 is 23.2 Å². The molecule has 10 heteroatoms. The summed E-state index contributed by atoms with van der Waals surface area (Å²) in [7, 11) is 1.54. The van der Waals surface area contributed by atoms with Crippen molar-refractivity contribution in [1.82, 2.24) is 9.47 Å². The van der Waals surface area contributed by atoms with Gasteiger partial charge in [0.1, 0.15) is 6.61 Å². The summed E-state index contributed by atoms with van der Waals surface area (Å²) in [5.41, 5.74) is 1.70. The third-order valence-electron chi connectivity index (χ3n) is 5.77. The zero-order valence-electron chi connectivity index (χ0n) is 20.2. The van der Waals surface area contributed by atoms with Crippen molar-refractivity contribution in [2.24, 2.45) is 0 Å². The molecular formula is C26H30Cl2N2O6. The number of carboxylic acid groups (broad SMARTS) is 1. The highest BCUT2D eigenvalue weighted by Crippen LogP contribution is 2.34. The zero-order valence-corrected chi connectivity index (χ0v) is 21.7. The first-order valence-electron chi connectivity index (χ1n) is 11.5. The predicted octanol–water partition coefficient (Wildman–Crippen LogP) is 5.72. The van der Waals surface area contributed by atoms with Crippen molar-refractivity contribution >= 4 is 29.2 Å². The SMILES string of the molecule is CCCN(Cc1ccc(OCCn2c(O)ccc2O)c(OC)c1)C(CC(=O)O)c1ccc(Cl)c(Cl)c1. The minimum absolute atomic E-state index is 0.0488. The third-order valence-corrected chi connectivity index (χ3v) is 6.51. The molecular weight excluding hydrogens is 507 g/mol. The van der Waals surface area contributed by atoms with E-state index in [-0.39, 0.29) is 31.3 Å². The van der Waals surface area contributed by atoms with Crippen molar-refractivity contribution in [3.63, 3.8) is 0 Å². The van der Waals surface area contributed by atoms with Crippen molar-refractivity contribution in [2.45, 2.75) is 38.9 Å². The summed E-state index contributed by atoms with van der Waals surface area (Å²) < 4.78 is 12.7. The van der Waals surface area contributed by atoms with Crippen LogP contribution in [0.4, 0.5) is 0 Å². The lowest BCUT2D eigenvalue weighted by molar-refractivity contribution is -0.138. The summed E-state index contributed by atoms with van der Waals surface area (Å²) in [6.45, 7) is 3.64. The highest BCUT2D eigenvalue weighted by atomic mass is 35.5. The number of halogens is 2. The Bertz CT molecular complexity index is 1160. The van der Waals surface area contributed by atoms with Gasteiger partial charge in [-0.25, -0.2) is 0 Å². The van der Waals surface area contributed by atoms with Gasteiger partial charge >= 0.3 is 5.97 Å². The second-order valence-electron chi connectivity index (χ2n) is 8.29. The first kappa shape index (κ1) is 27.5. The van der Waals surface area contributed by atoms with Crippen molar-refractivity contribution in [2.75, 3.05) is 20.3 Å². The summed E-state index contributed by atoms with van der Waals surface area (Å²) in [4.78, 5) is 13.8. The number of aromatic nitrogens is 1. The van der Waals surface area contributed by atoms with Crippen molar-refractivity contribution in [3.8, 4) is 23.3 Å². The molecule has 0 spiro atoms. The fourth-order valence-electron chi connectivity index (χ4n) is 4.06. The molecule has 1 aromatic heterocycles. The summed E-state index contributed by atoms with van der Waals surface area (Å²) in [6.07, 6.45) is 0.740. The van der Waals surface area contributed by atoms with E-state index in [1.165, 1.54) is 16.7 Å². The number of hydrogen-bond donors (Lipinski definition) is 3. The molecule has 1 atom stereocenters. The Hall–Kier alpha value is -3.07. The normalized spacial score (nSPS) is 12.0. The Morgan fingerprint density at radius 3 is 2.36 bits per heavy atom. The number of ether oxygens (including phenoxy) is 2. The van der Waals surface area contributed by atoms with Crippen molar-refractivity contribution in [1.29, 1.82) is 0 Å². The predicted molar refractivity (Wildman–Crippen MR) is 138 cm³/mol. The van der Waals surface area contributed by atoms with E-state index in [1.54, 1.807) is 25.3 Å². The van der Waals surface area contributed by atoms with Gasteiger partial charge in [0.05, 0.1) is 30.1 Å². The largest absolute Gasteiger partial charge is 0.494 e. The third kappa shape index (κ3) is 7.00. The van der Waals surface area contributed by atoms with Crippen LogP contribution in [0.5, 0.6) is 23.3 Å². The summed E-state index contributed by atoms with van der Waals surface area (Å²) in [6, 6.07) is 13.2. The van der Waals surface area contributed by atoms with Gasteiger partial charge in [-0.2, -0.15) is 0 Å². The van der Waals surface area contributed by atoms with Crippen LogP contribution < -0.4 is 9.47 Å². The molecule has 8 nitrogen and oxygen atoms in total. The Morgan fingerprint density at radius 1 is 1.03 bits per heavy atom. The number of aromatic hydroxyl groups is 2. The molecule has 1 heterocycles. The van der Waals surface area contributed by atoms with Crippen LogP contribution in [0, 0.1) is 0 Å². The number of carboxylic acids is 1. The molecule has 0 aliphatic heterocycles. The molecule has 0 bridgehead atoms. The first-order valence-corrected chi connectivity index (χ1v) is 12.3. The quantitative estimate of drug-likeness (QED) is 0.256. The van der Waals surface area contributed by atoms with Gasteiger partial charge < -0.3 is 24.8 Å². The van der Waals surface area contributed by atoms with Crippen molar-refractivity contribution in [3.05, 3.63) is 69.7 Å². The van der Waals surface area contributed by atoms with Crippen LogP contribution in [0.15, 0.2) is 48.5 Å². The van der Waals surface area contributed by atoms with Gasteiger partial charge in [-0.05, 0) is 48.4 Å². The number of nitrogens with zero attached hydrogens (tertiary/aromatic N) is 2. The van der Waals surface area contributed by atoms with E-state index in [4.69, 9.17) is 32.7 Å². The lowest BCUT2D eigenvalue weighted by Gasteiger charge is -2.31. The standard InChI is InChI=1S/C26H30Cl2N2O6/c1-3-10-29(21(15-26(33)34)18-5-6-19(27)20(28)14-18)16-17-4-7-22(23(13-17)35-2)36-12-11-30-24(31)8-9-25(30)32/h4-9,13-14,21,31-32H,3,10-12,15-16H2,1-2H3,(H,33,34). The summed E-state index contributed by atoms with van der Waals surface area (Å²) in [5.74, 6) is 0.0307. The van der Waals surface area contributed by atoms with Gasteiger partial charge in [-0.3, -0.25) is 14.3 Å². The molecule has 0 saturated heterocycles. The van der Waals surface area contributed by atoms with Crippen molar-refractivity contribution < 1.29 is 29.6 Å². The minimum atomic E-state index is -0.909. The molecule has 1 unspecified atom stereocenters. The number of carbonyl (C=O) groups is 1. The molecule has 3 rings (SSSR count). The molecule has 194 valence electrons. The molecule has 0 amide bonds. The van der Waals surface area contributed by atoms with E-state index in [9.17, 15) is 20.1 Å². The lowest BCUT2D eigenvalue weighted by Crippen LogP contribution is -2.31. The van der Waals surface area contributed by atoms with E-state index in [1.807, 2.05) is 25.1 Å². The second kappa shape index (κ2) is 12.8. The second-order valence-corrected chi connectivity index (χ2v) is 9.11. The average molecular weight is 537 g/mol. The number of aliphatic carboxylic acids is 1. The molecule has 0 radical (unpaired) electrons. The maximum absolute atomic E-state index is 11.7. The Labute approximate surface area is 220 Å². The highest BCUT2D eigenvalue weighted by Gasteiger charge is 2.24. The number of rotatable bonds is 13. The van der Waals surface area contributed by atoms with Crippen LogP contribution in [0.3, 0.4) is 0 Å². The fourth-order valence-corrected chi connectivity index (χ4v) is 4.37. The number of benzene rings is 2. The number of methoxy groups -OCH3 is 1. The highest BCUT2D eigenvalue weighted by molar-refractivity contribution is 6.42. The molecule has 36 heavy (non-hydrogen) atoms. The smallest absolute Gasteiger partial charge is 0.305 e. The van der Waals surface area contributed by atoms with Gasteiger partial charge in [0.25, 0.3) is 0 Å². The van der Waals surface area contributed by atoms with E-state index < -0.39 is 12.0 Å². The summed E-state index contributed by atoms with van der Waals surface area (Å²) in [5, 5.41) is 29.9. The van der Waals surface area contributed by atoms with Crippen LogP contribution in [-0.2, 0) is 17.9 Å². The number of hydrogen-bond acceptors (Lipinski definition) is 6. The monoisotopic (exact) mass is 536 g/mol. The topological polar surface area (TPSA) is 104 Å². The zero-order chi connectivity index (χ0) is 26.2. The molecule has 0 fully saturated rings. The Morgan fingerprint density at radius 2 is 1.75 bits per heavy atom. The molecule has 0 aliphatic rings. The van der Waals surface area contributed by atoms with E-state index in [0.29, 0.717) is 34.6 Å². The molecule has 0 aliphatic carbocycles. The maximum Gasteiger partial charge on any atom is 0.305 e. The Balaban J connectivity index is 1.78. The fraction of sp³-hybridized carbons (Fsp3) is 0.346. The molecule has 3 N–H and O–H groups in total. The Kier molecular flexibility index (Phi) is 9.75.